The summed E-state index contributed by atoms with van der Waals surface area (Å²) in [5, 5.41) is 0.579. The van der Waals surface area contributed by atoms with Gasteiger partial charge in [0.1, 0.15) is 11.6 Å². The van der Waals surface area contributed by atoms with Gasteiger partial charge in [-0.1, -0.05) is 0 Å². The molecule has 0 radical (unpaired) electrons. The zero-order chi connectivity index (χ0) is 14.3. The summed E-state index contributed by atoms with van der Waals surface area (Å²) < 4.78 is 35.9. The van der Waals surface area contributed by atoms with Crippen LogP contribution in [-0.4, -0.2) is 35.7 Å². The minimum Gasteiger partial charge on any atom is -0.497 e. The Morgan fingerprint density at radius 3 is 1.89 bits per heavy atom. The molecule has 0 fully saturated rings. The topological polar surface area (TPSA) is 36.9 Å². The van der Waals surface area contributed by atoms with Crippen LogP contribution in [0.3, 0.4) is 0 Å². The molecule has 0 aromatic heterocycles. The van der Waals surface area contributed by atoms with Crippen LogP contribution in [0.15, 0.2) is 18.2 Å². The summed E-state index contributed by atoms with van der Waals surface area (Å²) in [4.78, 5) is 0. The quantitative estimate of drug-likeness (QED) is 0.686. The number of hydrogen-bond donors (Lipinski definition) is 0. The predicted molar refractivity (Wildman–Crippen MR) is 73.2 cm³/mol. The first kappa shape index (κ1) is 16.1. The van der Waals surface area contributed by atoms with E-state index in [0.29, 0.717) is 30.8 Å². The van der Waals surface area contributed by atoms with Gasteiger partial charge in [-0.3, -0.25) is 0 Å². The largest absolute Gasteiger partial charge is 0.537 e. The molecule has 0 saturated carbocycles. The molecular formula is C13H21FO4Si. The summed E-state index contributed by atoms with van der Waals surface area (Å²) in [6, 6.07) is 4.40. The number of hydrogen-bond acceptors (Lipinski definition) is 4. The van der Waals surface area contributed by atoms with Crippen molar-refractivity contribution < 1.29 is 22.4 Å². The number of ether oxygens (including phenoxy) is 1. The van der Waals surface area contributed by atoms with E-state index < -0.39 is 14.6 Å². The summed E-state index contributed by atoms with van der Waals surface area (Å²) in [7, 11) is -1.58. The van der Waals surface area contributed by atoms with Crippen LogP contribution in [0.4, 0.5) is 4.39 Å². The summed E-state index contributed by atoms with van der Waals surface area (Å²) in [5.74, 6) is 0.0244. The van der Waals surface area contributed by atoms with Crippen molar-refractivity contribution in [3.05, 3.63) is 24.0 Å². The van der Waals surface area contributed by atoms with E-state index in [9.17, 15) is 4.39 Å². The first-order chi connectivity index (χ1) is 9.11. The standard InChI is InChI=1S/C13H21FO4Si/c1-5-16-19(17-6-2,18-7-3)13-9-11(14)8-12(10-13)15-4/h8-10H,5-7H2,1-4H3. The van der Waals surface area contributed by atoms with Crippen LogP contribution < -0.4 is 9.92 Å². The van der Waals surface area contributed by atoms with Gasteiger partial charge in [0, 0.05) is 31.1 Å². The van der Waals surface area contributed by atoms with Crippen LogP contribution in [-0.2, 0) is 13.3 Å². The van der Waals surface area contributed by atoms with Gasteiger partial charge in [-0.15, -0.1) is 0 Å². The van der Waals surface area contributed by atoms with Gasteiger partial charge in [-0.25, -0.2) is 4.39 Å². The van der Waals surface area contributed by atoms with Crippen molar-refractivity contribution in [3.8, 4) is 5.75 Å². The maximum atomic E-state index is 13.6. The highest BCUT2D eigenvalue weighted by Crippen LogP contribution is 2.17. The zero-order valence-corrected chi connectivity index (χ0v) is 12.9. The third-order valence-electron chi connectivity index (χ3n) is 2.46. The summed E-state index contributed by atoms with van der Waals surface area (Å²) in [6.45, 7) is 6.88. The molecule has 0 N–H and O–H groups in total. The maximum Gasteiger partial charge on any atom is 0.537 e. The van der Waals surface area contributed by atoms with Gasteiger partial charge in [0.05, 0.1) is 7.11 Å². The summed E-state index contributed by atoms with van der Waals surface area (Å²) in [5.41, 5.74) is 0. The molecule has 1 aromatic rings. The molecule has 0 atom stereocenters. The second-order valence-corrected chi connectivity index (χ2v) is 6.29. The average Bonchev–Trinajstić information content (AvgIpc) is 2.38. The maximum absolute atomic E-state index is 13.6. The molecule has 1 aromatic carbocycles. The molecule has 0 spiro atoms. The van der Waals surface area contributed by atoms with Crippen molar-refractivity contribution in [2.45, 2.75) is 20.8 Å². The fourth-order valence-corrected chi connectivity index (χ4v) is 4.33. The first-order valence-electron chi connectivity index (χ1n) is 6.38. The molecule has 0 unspecified atom stereocenters. The number of rotatable bonds is 8. The second-order valence-electron chi connectivity index (χ2n) is 3.73. The highest BCUT2D eigenvalue weighted by atomic mass is 28.4. The van der Waals surface area contributed by atoms with Crippen LogP contribution in [0.1, 0.15) is 20.8 Å². The van der Waals surface area contributed by atoms with Gasteiger partial charge >= 0.3 is 8.80 Å². The lowest BCUT2D eigenvalue weighted by molar-refractivity contribution is 0.0858. The van der Waals surface area contributed by atoms with E-state index in [2.05, 4.69) is 0 Å². The number of methoxy groups -OCH3 is 1. The molecule has 0 aliphatic heterocycles. The molecule has 0 heterocycles. The van der Waals surface area contributed by atoms with Gasteiger partial charge < -0.3 is 18.0 Å². The van der Waals surface area contributed by atoms with Gasteiger partial charge in [0.25, 0.3) is 0 Å². The molecule has 0 aliphatic carbocycles. The van der Waals surface area contributed by atoms with E-state index in [0.717, 1.165) is 0 Å². The zero-order valence-electron chi connectivity index (χ0n) is 11.9. The van der Waals surface area contributed by atoms with Crippen molar-refractivity contribution in [3.63, 3.8) is 0 Å². The molecule has 0 amide bonds. The van der Waals surface area contributed by atoms with E-state index >= 15 is 0 Å². The molecular weight excluding hydrogens is 267 g/mol. The predicted octanol–water partition coefficient (Wildman–Crippen LogP) is 2.09. The van der Waals surface area contributed by atoms with Crippen LogP contribution >= 0.6 is 0 Å². The summed E-state index contributed by atoms with van der Waals surface area (Å²) >= 11 is 0. The Bertz CT molecular complexity index is 383. The van der Waals surface area contributed by atoms with Crippen molar-refractivity contribution in [2.75, 3.05) is 26.9 Å². The molecule has 1 rings (SSSR count). The van der Waals surface area contributed by atoms with Crippen molar-refractivity contribution >= 4 is 14.0 Å². The second kappa shape index (κ2) is 7.59. The highest BCUT2D eigenvalue weighted by molar-refractivity contribution is 6.75. The molecule has 6 heteroatoms. The van der Waals surface area contributed by atoms with E-state index in [-0.39, 0.29) is 0 Å². The van der Waals surface area contributed by atoms with E-state index in [1.807, 2.05) is 20.8 Å². The molecule has 19 heavy (non-hydrogen) atoms. The minimum absolute atomic E-state index is 0.398. The van der Waals surface area contributed by atoms with Gasteiger partial charge in [0.2, 0.25) is 0 Å². The SMILES string of the molecule is CCO[Si](OCC)(OCC)c1cc(F)cc(OC)c1. The highest BCUT2D eigenvalue weighted by Gasteiger charge is 2.43. The number of halogens is 1. The average molecular weight is 288 g/mol. The van der Waals surface area contributed by atoms with Crippen molar-refractivity contribution in [1.29, 1.82) is 0 Å². The molecule has 4 nitrogen and oxygen atoms in total. The fraction of sp³-hybridized carbons (Fsp3) is 0.538. The van der Waals surface area contributed by atoms with E-state index in [4.69, 9.17) is 18.0 Å². The number of benzene rings is 1. The van der Waals surface area contributed by atoms with E-state index in [1.165, 1.54) is 19.2 Å². The van der Waals surface area contributed by atoms with Crippen molar-refractivity contribution in [2.24, 2.45) is 0 Å². The Labute approximate surface area is 114 Å². The lowest BCUT2D eigenvalue weighted by Crippen LogP contribution is -2.57. The smallest absolute Gasteiger partial charge is 0.497 e. The third kappa shape index (κ3) is 4.00. The van der Waals surface area contributed by atoms with Gasteiger partial charge in [-0.2, -0.15) is 0 Å². The van der Waals surface area contributed by atoms with Gasteiger partial charge in [0.15, 0.2) is 0 Å². The Morgan fingerprint density at radius 1 is 0.947 bits per heavy atom. The molecule has 0 bridgehead atoms. The normalized spacial score (nSPS) is 11.6. The first-order valence-corrected chi connectivity index (χ1v) is 8.11. The lowest BCUT2D eigenvalue weighted by Gasteiger charge is -2.28. The summed E-state index contributed by atoms with van der Waals surface area (Å²) in [6.07, 6.45) is 0. The van der Waals surface area contributed by atoms with Crippen LogP contribution in [0.5, 0.6) is 5.75 Å². The van der Waals surface area contributed by atoms with E-state index in [1.54, 1.807) is 6.07 Å². The Hall–Kier alpha value is -0.953. The van der Waals surface area contributed by atoms with Crippen molar-refractivity contribution in [1.82, 2.24) is 0 Å². The lowest BCUT2D eigenvalue weighted by atomic mass is 10.3. The minimum atomic E-state index is -3.07. The molecule has 0 saturated heterocycles. The molecule has 0 aliphatic rings. The monoisotopic (exact) mass is 288 g/mol. The molecule has 108 valence electrons. The van der Waals surface area contributed by atoms with Crippen LogP contribution in [0.2, 0.25) is 0 Å². The Balaban J connectivity index is 3.24. The van der Waals surface area contributed by atoms with Crippen LogP contribution in [0.25, 0.3) is 0 Å². The fourth-order valence-electron chi connectivity index (χ4n) is 1.80. The third-order valence-corrected chi connectivity index (χ3v) is 5.47. The van der Waals surface area contributed by atoms with Gasteiger partial charge in [-0.05, 0) is 32.9 Å². The Kier molecular flexibility index (Phi) is 6.43. The van der Waals surface area contributed by atoms with Crippen LogP contribution in [0, 0.1) is 5.82 Å². The Morgan fingerprint density at radius 2 is 1.47 bits per heavy atom.